The molecular formula is C7H7NOS. The van der Waals surface area contributed by atoms with Crippen molar-refractivity contribution in [1.29, 1.82) is 0 Å². The SMILES string of the molecule is C1=CCN2C=CSOC2=C1. The summed E-state index contributed by atoms with van der Waals surface area (Å²) in [6.45, 7) is 0.920. The molecule has 52 valence electrons. The van der Waals surface area contributed by atoms with Gasteiger partial charge >= 0.3 is 0 Å². The molecule has 2 heterocycles. The lowest BCUT2D eigenvalue weighted by molar-refractivity contribution is 0.311. The van der Waals surface area contributed by atoms with E-state index in [-0.39, 0.29) is 0 Å². The van der Waals surface area contributed by atoms with Crippen molar-refractivity contribution in [2.45, 2.75) is 0 Å². The van der Waals surface area contributed by atoms with Crippen molar-refractivity contribution in [3.05, 3.63) is 35.7 Å². The van der Waals surface area contributed by atoms with Crippen molar-refractivity contribution in [3.63, 3.8) is 0 Å². The van der Waals surface area contributed by atoms with Gasteiger partial charge in [0.15, 0.2) is 0 Å². The van der Waals surface area contributed by atoms with Crippen LogP contribution in [0, 0.1) is 0 Å². The van der Waals surface area contributed by atoms with Crippen LogP contribution in [0.25, 0.3) is 0 Å². The predicted octanol–water partition coefficient (Wildman–Crippen LogP) is 1.85. The summed E-state index contributed by atoms with van der Waals surface area (Å²) in [7, 11) is 0. The van der Waals surface area contributed by atoms with Crippen LogP contribution >= 0.6 is 12.0 Å². The quantitative estimate of drug-likeness (QED) is 0.493. The first-order valence-electron chi connectivity index (χ1n) is 3.10. The number of hydrogen-bond donors (Lipinski definition) is 0. The third-order valence-corrected chi connectivity index (χ3v) is 1.89. The highest BCUT2D eigenvalue weighted by molar-refractivity contribution is 7.97. The Hall–Kier alpha value is -0.830. The van der Waals surface area contributed by atoms with Crippen molar-refractivity contribution >= 4 is 12.0 Å². The van der Waals surface area contributed by atoms with Gasteiger partial charge in [0, 0.05) is 18.2 Å². The van der Waals surface area contributed by atoms with Crippen LogP contribution in [-0.2, 0) is 4.18 Å². The largest absolute Gasteiger partial charge is 0.403 e. The van der Waals surface area contributed by atoms with E-state index in [9.17, 15) is 0 Å². The van der Waals surface area contributed by atoms with Crippen LogP contribution in [0.2, 0.25) is 0 Å². The summed E-state index contributed by atoms with van der Waals surface area (Å²) in [6.07, 6.45) is 8.07. The second-order valence-corrected chi connectivity index (χ2v) is 2.68. The normalized spacial score (nSPS) is 21.6. The molecule has 0 aromatic heterocycles. The third-order valence-electron chi connectivity index (χ3n) is 1.39. The first-order valence-corrected chi connectivity index (χ1v) is 3.91. The monoisotopic (exact) mass is 153 g/mol. The van der Waals surface area contributed by atoms with Crippen LogP contribution in [-0.4, -0.2) is 11.4 Å². The molecule has 10 heavy (non-hydrogen) atoms. The molecule has 2 nitrogen and oxygen atoms in total. The summed E-state index contributed by atoms with van der Waals surface area (Å²) in [5, 5.41) is 1.93. The fourth-order valence-corrected chi connectivity index (χ4v) is 1.40. The fraction of sp³-hybridized carbons (Fsp3) is 0.143. The van der Waals surface area contributed by atoms with E-state index in [0.29, 0.717) is 0 Å². The van der Waals surface area contributed by atoms with Crippen LogP contribution < -0.4 is 0 Å². The molecule has 3 heteroatoms. The molecule has 0 spiro atoms. The first-order chi connectivity index (χ1) is 4.97. The molecule has 0 aromatic carbocycles. The lowest BCUT2D eigenvalue weighted by atomic mass is 10.3. The molecule has 2 aliphatic rings. The summed E-state index contributed by atoms with van der Waals surface area (Å²) >= 11 is 1.36. The zero-order chi connectivity index (χ0) is 6.81. The van der Waals surface area contributed by atoms with Crippen LogP contribution in [0.1, 0.15) is 0 Å². The van der Waals surface area contributed by atoms with E-state index in [1.165, 1.54) is 12.0 Å². The average Bonchev–Trinajstić information content (AvgIpc) is 2.05. The van der Waals surface area contributed by atoms with E-state index >= 15 is 0 Å². The van der Waals surface area contributed by atoms with Gasteiger partial charge in [-0.2, -0.15) is 0 Å². The van der Waals surface area contributed by atoms with Gasteiger partial charge in [0.1, 0.15) is 0 Å². The average molecular weight is 153 g/mol. The number of allylic oxidation sites excluding steroid dienone is 2. The molecule has 2 aliphatic heterocycles. The van der Waals surface area contributed by atoms with Crippen molar-refractivity contribution in [2.75, 3.05) is 6.54 Å². The van der Waals surface area contributed by atoms with E-state index < -0.39 is 0 Å². The van der Waals surface area contributed by atoms with E-state index in [4.69, 9.17) is 4.18 Å². The number of hydrogen-bond acceptors (Lipinski definition) is 3. The molecule has 0 saturated carbocycles. The Bertz CT molecular complexity index is 220. The van der Waals surface area contributed by atoms with Gasteiger partial charge < -0.3 is 9.08 Å². The maximum absolute atomic E-state index is 5.25. The Morgan fingerprint density at radius 2 is 2.60 bits per heavy atom. The Kier molecular flexibility index (Phi) is 1.43. The van der Waals surface area contributed by atoms with Gasteiger partial charge in [-0.25, -0.2) is 0 Å². The van der Waals surface area contributed by atoms with Crippen molar-refractivity contribution in [3.8, 4) is 0 Å². The van der Waals surface area contributed by atoms with Crippen LogP contribution in [0.15, 0.2) is 35.7 Å². The van der Waals surface area contributed by atoms with Crippen LogP contribution in [0.5, 0.6) is 0 Å². The van der Waals surface area contributed by atoms with E-state index in [1.54, 1.807) is 0 Å². The number of fused-ring (bicyclic) bond motifs is 1. The topological polar surface area (TPSA) is 12.5 Å². The van der Waals surface area contributed by atoms with Crippen LogP contribution in [0.3, 0.4) is 0 Å². The highest BCUT2D eigenvalue weighted by Gasteiger charge is 2.11. The van der Waals surface area contributed by atoms with Crippen molar-refractivity contribution < 1.29 is 4.18 Å². The Morgan fingerprint density at radius 1 is 1.60 bits per heavy atom. The van der Waals surface area contributed by atoms with Gasteiger partial charge in [-0.15, -0.1) is 0 Å². The Morgan fingerprint density at radius 3 is 3.50 bits per heavy atom. The van der Waals surface area contributed by atoms with E-state index in [2.05, 4.69) is 11.0 Å². The summed E-state index contributed by atoms with van der Waals surface area (Å²) in [5.74, 6) is 0.926. The zero-order valence-corrected chi connectivity index (χ0v) is 6.17. The maximum atomic E-state index is 5.25. The van der Waals surface area contributed by atoms with Gasteiger partial charge in [0.05, 0.1) is 12.0 Å². The van der Waals surface area contributed by atoms with Crippen molar-refractivity contribution in [1.82, 2.24) is 4.90 Å². The first kappa shape index (κ1) is 5.92. The third kappa shape index (κ3) is 0.926. The molecule has 0 aliphatic carbocycles. The summed E-state index contributed by atoms with van der Waals surface area (Å²) in [5.41, 5.74) is 0. The fourth-order valence-electron chi connectivity index (χ4n) is 0.896. The highest BCUT2D eigenvalue weighted by atomic mass is 32.2. The summed E-state index contributed by atoms with van der Waals surface area (Å²) < 4.78 is 5.25. The maximum Gasteiger partial charge on any atom is 0.209 e. The second-order valence-electron chi connectivity index (χ2n) is 2.05. The highest BCUT2D eigenvalue weighted by Crippen LogP contribution is 2.23. The van der Waals surface area contributed by atoms with E-state index in [1.807, 2.05) is 23.8 Å². The lowest BCUT2D eigenvalue weighted by Crippen LogP contribution is -2.20. The molecule has 2 rings (SSSR count). The van der Waals surface area contributed by atoms with Gasteiger partial charge in [-0.05, 0) is 6.08 Å². The number of rotatable bonds is 0. The van der Waals surface area contributed by atoms with Gasteiger partial charge in [-0.3, -0.25) is 0 Å². The molecule has 0 fully saturated rings. The molecule has 0 N–H and O–H groups in total. The van der Waals surface area contributed by atoms with Crippen molar-refractivity contribution in [2.24, 2.45) is 0 Å². The minimum Gasteiger partial charge on any atom is -0.403 e. The van der Waals surface area contributed by atoms with Gasteiger partial charge in [0.25, 0.3) is 0 Å². The zero-order valence-electron chi connectivity index (χ0n) is 5.36. The standard InChI is InChI=1S/C7H7NOS/c1-2-4-8-5-6-10-9-7(8)3-1/h1-3,5-6H,4H2. The number of nitrogens with zero attached hydrogens (tertiary/aromatic N) is 1. The summed E-state index contributed by atoms with van der Waals surface area (Å²) in [6, 6.07) is 0. The van der Waals surface area contributed by atoms with E-state index in [0.717, 1.165) is 12.4 Å². The molecule has 0 aromatic rings. The Labute approximate surface area is 64.1 Å². The summed E-state index contributed by atoms with van der Waals surface area (Å²) in [4.78, 5) is 2.05. The lowest BCUT2D eigenvalue weighted by Gasteiger charge is -2.25. The molecule has 0 unspecified atom stereocenters. The predicted molar refractivity (Wildman–Crippen MR) is 41.7 cm³/mol. The van der Waals surface area contributed by atoms with Crippen LogP contribution in [0.4, 0.5) is 0 Å². The molecule has 0 amide bonds. The molecule has 0 saturated heterocycles. The van der Waals surface area contributed by atoms with Gasteiger partial charge in [0.2, 0.25) is 5.88 Å². The molecular weight excluding hydrogens is 146 g/mol. The molecule has 0 bridgehead atoms. The molecule has 0 radical (unpaired) electrons. The minimum atomic E-state index is 0.920. The minimum absolute atomic E-state index is 0.920. The smallest absolute Gasteiger partial charge is 0.209 e. The second kappa shape index (κ2) is 2.42. The Balaban J connectivity index is 2.26. The molecule has 0 atom stereocenters. The van der Waals surface area contributed by atoms with Gasteiger partial charge in [-0.1, -0.05) is 12.2 Å².